The fourth-order valence-electron chi connectivity index (χ4n) is 4.53. The molecule has 7 heteroatoms. The van der Waals surface area contributed by atoms with Crippen LogP contribution in [0.4, 0.5) is 0 Å². The van der Waals surface area contributed by atoms with Crippen molar-refractivity contribution in [3.63, 3.8) is 0 Å². The Balaban J connectivity index is 1.78. The van der Waals surface area contributed by atoms with Gasteiger partial charge in [0.05, 0.1) is 6.61 Å². The molecule has 0 bridgehead atoms. The third-order valence-corrected chi connectivity index (χ3v) is 6.79. The zero-order valence-electron chi connectivity index (χ0n) is 19.0. The van der Waals surface area contributed by atoms with Crippen LogP contribution >= 0.6 is 11.6 Å². The summed E-state index contributed by atoms with van der Waals surface area (Å²) in [6, 6.07) is 7.30. The van der Waals surface area contributed by atoms with Crippen LogP contribution in [0.1, 0.15) is 52.4 Å². The van der Waals surface area contributed by atoms with Gasteiger partial charge in [-0.2, -0.15) is 0 Å². The minimum Gasteiger partial charge on any atom is -0.493 e. The summed E-state index contributed by atoms with van der Waals surface area (Å²) < 4.78 is 11.6. The molecule has 0 saturated carbocycles. The zero-order valence-corrected chi connectivity index (χ0v) is 19.7. The minimum absolute atomic E-state index is 0.0488. The summed E-state index contributed by atoms with van der Waals surface area (Å²) in [5.41, 5.74) is -1.33. The molecule has 0 N–H and O–H groups in total. The molecule has 31 heavy (non-hydrogen) atoms. The lowest BCUT2D eigenvalue weighted by molar-refractivity contribution is -0.156. The highest BCUT2D eigenvalue weighted by molar-refractivity contribution is 6.30. The normalized spacial score (nSPS) is 22.3. The van der Waals surface area contributed by atoms with Crippen LogP contribution in [0.25, 0.3) is 0 Å². The highest BCUT2D eigenvalue weighted by Gasteiger charge is 2.43. The second-order valence-electron chi connectivity index (χ2n) is 9.41. The average molecular weight is 451 g/mol. The average Bonchev–Trinajstić information content (AvgIpc) is 2.78. The Labute approximate surface area is 190 Å². The first-order chi connectivity index (χ1) is 14.7. The van der Waals surface area contributed by atoms with Crippen LogP contribution in [0.5, 0.6) is 5.75 Å². The van der Waals surface area contributed by atoms with Gasteiger partial charge < -0.3 is 19.3 Å². The van der Waals surface area contributed by atoms with Crippen molar-refractivity contribution in [1.29, 1.82) is 0 Å². The van der Waals surface area contributed by atoms with Crippen molar-refractivity contribution in [1.82, 2.24) is 9.80 Å². The lowest BCUT2D eigenvalue weighted by Gasteiger charge is -2.45. The predicted octanol–water partition coefficient (Wildman–Crippen LogP) is 4.16. The molecular formula is C24H35ClN2O4. The molecule has 0 radical (unpaired) electrons. The van der Waals surface area contributed by atoms with E-state index in [9.17, 15) is 9.59 Å². The Morgan fingerprint density at radius 2 is 1.81 bits per heavy atom. The van der Waals surface area contributed by atoms with E-state index in [-0.39, 0.29) is 11.8 Å². The van der Waals surface area contributed by atoms with Crippen molar-refractivity contribution in [3.05, 3.63) is 29.3 Å². The number of likely N-dealkylation sites (tertiary alicyclic amines) is 2. The van der Waals surface area contributed by atoms with Gasteiger partial charge in [0.1, 0.15) is 11.4 Å². The van der Waals surface area contributed by atoms with Gasteiger partial charge in [-0.05, 0) is 64.2 Å². The van der Waals surface area contributed by atoms with Crippen LogP contribution in [-0.4, -0.2) is 67.1 Å². The van der Waals surface area contributed by atoms with E-state index in [1.54, 1.807) is 33.1 Å². The third-order valence-electron chi connectivity index (χ3n) is 6.55. The van der Waals surface area contributed by atoms with Crippen LogP contribution in [0.15, 0.2) is 24.3 Å². The van der Waals surface area contributed by atoms with Gasteiger partial charge in [-0.25, -0.2) is 0 Å². The fourth-order valence-corrected chi connectivity index (χ4v) is 4.71. The Bertz CT molecular complexity index is 779. The number of amides is 2. The van der Waals surface area contributed by atoms with Crippen LogP contribution in [0, 0.1) is 5.41 Å². The van der Waals surface area contributed by atoms with Gasteiger partial charge in [-0.1, -0.05) is 17.7 Å². The van der Waals surface area contributed by atoms with E-state index < -0.39 is 11.0 Å². The van der Waals surface area contributed by atoms with E-state index in [1.165, 1.54) is 6.42 Å². The number of ether oxygens (including phenoxy) is 2. The molecule has 2 saturated heterocycles. The Morgan fingerprint density at radius 3 is 2.48 bits per heavy atom. The van der Waals surface area contributed by atoms with Gasteiger partial charge in [0, 0.05) is 50.1 Å². The number of benzene rings is 1. The zero-order chi connectivity index (χ0) is 22.5. The topological polar surface area (TPSA) is 59.1 Å². The number of nitrogens with zero attached hydrogens (tertiary/aromatic N) is 2. The number of carbonyl (C=O) groups excluding carboxylic acids is 2. The molecule has 6 nitrogen and oxygen atoms in total. The monoisotopic (exact) mass is 450 g/mol. The van der Waals surface area contributed by atoms with Crippen molar-refractivity contribution in [2.24, 2.45) is 5.41 Å². The smallest absolute Gasteiger partial charge is 0.254 e. The molecule has 1 aromatic rings. The third kappa shape index (κ3) is 6.13. The summed E-state index contributed by atoms with van der Waals surface area (Å²) in [4.78, 5) is 30.1. The number of halogens is 1. The SMILES string of the molecule is COC(C)(C)C(=O)N1CCC[C@](COc2cccc(Cl)c2)(CC(=O)N2CCCCC2)C1. The summed E-state index contributed by atoms with van der Waals surface area (Å²) in [6.45, 7) is 6.73. The number of hydrogen-bond donors (Lipinski definition) is 0. The highest BCUT2D eigenvalue weighted by atomic mass is 35.5. The molecule has 0 aliphatic carbocycles. The highest BCUT2D eigenvalue weighted by Crippen LogP contribution is 2.36. The summed E-state index contributed by atoms with van der Waals surface area (Å²) in [5.74, 6) is 0.792. The molecular weight excluding hydrogens is 416 g/mol. The Kier molecular flexibility index (Phi) is 7.87. The van der Waals surface area contributed by atoms with Gasteiger partial charge in [-0.15, -0.1) is 0 Å². The van der Waals surface area contributed by atoms with Gasteiger partial charge in [0.2, 0.25) is 5.91 Å². The summed E-state index contributed by atoms with van der Waals surface area (Å²) in [6.07, 6.45) is 5.35. The molecule has 2 fully saturated rings. The Morgan fingerprint density at radius 1 is 1.10 bits per heavy atom. The van der Waals surface area contributed by atoms with Crippen molar-refractivity contribution >= 4 is 23.4 Å². The van der Waals surface area contributed by atoms with Crippen LogP contribution < -0.4 is 4.74 Å². The van der Waals surface area contributed by atoms with Gasteiger partial charge in [-0.3, -0.25) is 9.59 Å². The molecule has 172 valence electrons. The van der Waals surface area contributed by atoms with Crippen molar-refractivity contribution in [2.45, 2.75) is 58.0 Å². The first kappa shape index (κ1) is 23.9. The van der Waals surface area contributed by atoms with E-state index in [0.29, 0.717) is 36.9 Å². The predicted molar refractivity (Wildman–Crippen MR) is 121 cm³/mol. The quantitative estimate of drug-likeness (QED) is 0.626. The van der Waals surface area contributed by atoms with Gasteiger partial charge >= 0.3 is 0 Å². The molecule has 0 aromatic heterocycles. The maximum absolute atomic E-state index is 13.2. The standard InChI is InChI=1S/C24H35ClN2O4/c1-23(2,30-3)22(29)27-14-8-11-24(17-27,16-21(28)26-12-5-4-6-13-26)18-31-20-10-7-9-19(25)15-20/h7,9-10,15H,4-6,8,11-14,16-18H2,1-3H3/t24-/m0/s1. The van der Waals surface area contributed by atoms with Crippen molar-refractivity contribution in [3.8, 4) is 5.75 Å². The van der Waals surface area contributed by atoms with E-state index in [1.807, 2.05) is 21.9 Å². The molecule has 0 spiro atoms. The van der Waals surface area contributed by atoms with Gasteiger partial charge in [0.25, 0.3) is 5.91 Å². The molecule has 0 unspecified atom stereocenters. The van der Waals surface area contributed by atoms with Crippen LogP contribution in [0.3, 0.4) is 0 Å². The summed E-state index contributed by atoms with van der Waals surface area (Å²) in [7, 11) is 1.55. The molecule has 1 atom stereocenters. The molecule has 2 amide bonds. The maximum atomic E-state index is 13.2. The number of hydrogen-bond acceptors (Lipinski definition) is 4. The molecule has 2 aliphatic heterocycles. The van der Waals surface area contributed by atoms with E-state index >= 15 is 0 Å². The minimum atomic E-state index is -0.895. The first-order valence-electron chi connectivity index (χ1n) is 11.3. The first-order valence-corrected chi connectivity index (χ1v) is 11.6. The van der Waals surface area contributed by atoms with E-state index in [4.69, 9.17) is 21.1 Å². The molecule has 2 aliphatic rings. The van der Waals surface area contributed by atoms with Crippen molar-refractivity contribution < 1.29 is 19.1 Å². The second kappa shape index (κ2) is 10.2. The summed E-state index contributed by atoms with van der Waals surface area (Å²) >= 11 is 6.11. The lowest BCUT2D eigenvalue weighted by atomic mass is 9.76. The lowest BCUT2D eigenvalue weighted by Crippen LogP contribution is -2.55. The van der Waals surface area contributed by atoms with E-state index in [2.05, 4.69) is 0 Å². The largest absolute Gasteiger partial charge is 0.493 e. The number of piperidine rings is 2. The maximum Gasteiger partial charge on any atom is 0.254 e. The summed E-state index contributed by atoms with van der Waals surface area (Å²) in [5, 5.41) is 0.609. The molecule has 2 heterocycles. The van der Waals surface area contributed by atoms with E-state index in [0.717, 1.165) is 38.8 Å². The van der Waals surface area contributed by atoms with Crippen LogP contribution in [-0.2, 0) is 14.3 Å². The number of methoxy groups -OCH3 is 1. The Hall–Kier alpha value is -1.79. The fraction of sp³-hybridized carbons (Fsp3) is 0.667. The van der Waals surface area contributed by atoms with Crippen molar-refractivity contribution in [2.75, 3.05) is 39.9 Å². The van der Waals surface area contributed by atoms with Gasteiger partial charge in [0.15, 0.2) is 0 Å². The second-order valence-corrected chi connectivity index (χ2v) is 9.85. The number of rotatable bonds is 7. The molecule has 3 rings (SSSR count). The van der Waals surface area contributed by atoms with Crippen LogP contribution in [0.2, 0.25) is 5.02 Å². The number of carbonyl (C=O) groups is 2. The molecule has 1 aromatic carbocycles.